The fourth-order valence-electron chi connectivity index (χ4n) is 1.89. The van der Waals surface area contributed by atoms with Crippen LogP contribution in [-0.2, 0) is 12.4 Å². The fraction of sp³-hybridized carbons (Fsp3) is 0.308. The maximum atomic E-state index is 13.0. The van der Waals surface area contributed by atoms with Crippen LogP contribution in [0, 0.1) is 19.7 Å². The van der Waals surface area contributed by atoms with Gasteiger partial charge in [0.05, 0.1) is 18.1 Å². The molecule has 0 saturated carbocycles. The third-order valence-electron chi connectivity index (χ3n) is 3.00. The molecule has 1 aromatic carbocycles. The van der Waals surface area contributed by atoms with Crippen molar-refractivity contribution >= 4 is 23.2 Å². The number of aryl methyl sites for hydroxylation is 1. The zero-order valence-electron chi connectivity index (χ0n) is 10.2. The average Bonchev–Trinajstić information content (AvgIpc) is 2.58. The van der Waals surface area contributed by atoms with E-state index in [4.69, 9.17) is 23.2 Å². The number of nitrogens with zero attached hydrogens (tertiary/aromatic N) is 2. The Labute approximate surface area is 115 Å². The molecule has 0 N–H and O–H groups in total. The molecule has 5 heteroatoms. The van der Waals surface area contributed by atoms with Gasteiger partial charge in [0.2, 0.25) is 0 Å². The molecule has 0 aliphatic rings. The third kappa shape index (κ3) is 2.52. The predicted molar refractivity (Wildman–Crippen MR) is 71.8 cm³/mol. The number of aromatic nitrogens is 2. The van der Waals surface area contributed by atoms with Crippen molar-refractivity contribution in [3.05, 3.63) is 51.6 Å². The summed E-state index contributed by atoms with van der Waals surface area (Å²) < 4.78 is 14.8. The van der Waals surface area contributed by atoms with Gasteiger partial charge in [-0.05, 0) is 31.5 Å². The quantitative estimate of drug-likeness (QED) is 0.778. The van der Waals surface area contributed by atoms with Gasteiger partial charge in [0.1, 0.15) is 5.82 Å². The fourth-order valence-corrected chi connectivity index (χ4v) is 2.51. The summed E-state index contributed by atoms with van der Waals surface area (Å²) in [5.74, 6) is 0.105. The number of alkyl halides is 1. The molecule has 0 bridgehead atoms. The van der Waals surface area contributed by atoms with Gasteiger partial charge in [-0.25, -0.2) is 4.39 Å². The van der Waals surface area contributed by atoms with E-state index in [0.29, 0.717) is 17.4 Å². The lowest BCUT2D eigenvalue weighted by molar-refractivity contribution is 0.622. The van der Waals surface area contributed by atoms with E-state index >= 15 is 0 Å². The summed E-state index contributed by atoms with van der Waals surface area (Å²) in [6.45, 7) is 4.41. The summed E-state index contributed by atoms with van der Waals surface area (Å²) in [5, 5.41) is 4.83. The van der Waals surface area contributed by atoms with E-state index in [1.54, 1.807) is 6.07 Å². The van der Waals surface area contributed by atoms with E-state index < -0.39 is 0 Å². The first-order chi connectivity index (χ1) is 8.52. The first-order valence-electron chi connectivity index (χ1n) is 5.55. The largest absolute Gasteiger partial charge is 0.265 e. The Bertz CT molecular complexity index is 579. The Morgan fingerprint density at radius 2 is 2.06 bits per heavy atom. The lowest BCUT2D eigenvalue weighted by Crippen LogP contribution is -2.05. The summed E-state index contributed by atoms with van der Waals surface area (Å²) in [7, 11) is 0. The minimum Gasteiger partial charge on any atom is -0.265 e. The number of halogens is 3. The highest BCUT2D eigenvalue weighted by Crippen LogP contribution is 2.21. The molecule has 0 spiro atoms. The van der Waals surface area contributed by atoms with Crippen molar-refractivity contribution < 1.29 is 4.39 Å². The van der Waals surface area contributed by atoms with Gasteiger partial charge in [-0.2, -0.15) is 5.10 Å². The number of rotatable bonds is 3. The second-order valence-corrected chi connectivity index (χ2v) is 4.85. The summed E-state index contributed by atoms with van der Waals surface area (Å²) in [6.07, 6.45) is 0. The van der Waals surface area contributed by atoms with E-state index in [1.807, 2.05) is 18.5 Å². The SMILES string of the molecule is Cc1nn(Cc2ccc(F)cc2Cl)c(C)c1CCl. The zero-order chi connectivity index (χ0) is 13.3. The standard InChI is InChI=1S/C13H13Cl2FN2/c1-8-12(6-14)9(2)18(17-8)7-10-3-4-11(16)5-13(10)15/h3-5H,6-7H2,1-2H3. The van der Waals surface area contributed by atoms with Crippen LogP contribution in [-0.4, -0.2) is 9.78 Å². The molecule has 0 aliphatic heterocycles. The molecule has 0 radical (unpaired) electrons. The van der Waals surface area contributed by atoms with Crippen LogP contribution in [0.15, 0.2) is 18.2 Å². The van der Waals surface area contributed by atoms with Gasteiger partial charge >= 0.3 is 0 Å². The van der Waals surface area contributed by atoms with Crippen molar-refractivity contribution in [1.29, 1.82) is 0 Å². The molecule has 96 valence electrons. The normalized spacial score (nSPS) is 10.9. The Balaban J connectivity index is 2.34. The molecule has 2 aromatic rings. The second kappa shape index (κ2) is 5.29. The first kappa shape index (κ1) is 13.4. The molecule has 2 nitrogen and oxygen atoms in total. The summed E-state index contributed by atoms with van der Waals surface area (Å²) in [6, 6.07) is 4.38. The Morgan fingerprint density at radius 3 is 2.61 bits per heavy atom. The summed E-state index contributed by atoms with van der Waals surface area (Å²) in [5.41, 5.74) is 3.81. The number of hydrogen-bond acceptors (Lipinski definition) is 1. The van der Waals surface area contributed by atoms with Gasteiger partial charge in [0.15, 0.2) is 0 Å². The minimum absolute atomic E-state index is 0.335. The molecule has 0 fully saturated rings. The lowest BCUT2D eigenvalue weighted by atomic mass is 10.2. The van der Waals surface area contributed by atoms with Gasteiger partial charge < -0.3 is 0 Å². The molecule has 0 amide bonds. The minimum atomic E-state index is -0.335. The Morgan fingerprint density at radius 1 is 1.33 bits per heavy atom. The van der Waals surface area contributed by atoms with Gasteiger partial charge in [-0.1, -0.05) is 17.7 Å². The smallest absolute Gasteiger partial charge is 0.124 e. The van der Waals surface area contributed by atoms with E-state index in [1.165, 1.54) is 12.1 Å². The number of benzene rings is 1. The molecule has 0 aliphatic carbocycles. The van der Waals surface area contributed by atoms with Crippen LogP contribution in [0.1, 0.15) is 22.5 Å². The monoisotopic (exact) mass is 286 g/mol. The van der Waals surface area contributed by atoms with Crippen LogP contribution in [0.2, 0.25) is 5.02 Å². The molecule has 0 unspecified atom stereocenters. The van der Waals surface area contributed by atoms with E-state index in [9.17, 15) is 4.39 Å². The third-order valence-corrected chi connectivity index (χ3v) is 3.62. The van der Waals surface area contributed by atoms with Crippen molar-refractivity contribution in [3.8, 4) is 0 Å². The first-order valence-corrected chi connectivity index (χ1v) is 6.47. The molecule has 0 saturated heterocycles. The molecule has 18 heavy (non-hydrogen) atoms. The van der Waals surface area contributed by atoms with Crippen molar-refractivity contribution in [2.24, 2.45) is 0 Å². The van der Waals surface area contributed by atoms with Crippen LogP contribution in [0.3, 0.4) is 0 Å². The molecule has 2 rings (SSSR count). The maximum Gasteiger partial charge on any atom is 0.124 e. The van der Waals surface area contributed by atoms with Crippen LogP contribution in [0.4, 0.5) is 4.39 Å². The van der Waals surface area contributed by atoms with Gasteiger partial charge in [0.25, 0.3) is 0 Å². The van der Waals surface area contributed by atoms with E-state index in [-0.39, 0.29) is 5.82 Å². The van der Waals surface area contributed by atoms with E-state index in [2.05, 4.69) is 5.10 Å². The van der Waals surface area contributed by atoms with Crippen molar-refractivity contribution in [3.63, 3.8) is 0 Å². The highest BCUT2D eigenvalue weighted by atomic mass is 35.5. The molecule has 1 aromatic heterocycles. The topological polar surface area (TPSA) is 17.8 Å². The van der Waals surface area contributed by atoms with Gasteiger partial charge in [-0.3, -0.25) is 4.68 Å². The molecular weight excluding hydrogens is 274 g/mol. The van der Waals surface area contributed by atoms with Crippen molar-refractivity contribution in [2.45, 2.75) is 26.3 Å². The van der Waals surface area contributed by atoms with Crippen molar-refractivity contribution in [2.75, 3.05) is 0 Å². The maximum absolute atomic E-state index is 13.0. The van der Waals surface area contributed by atoms with Crippen LogP contribution in [0.5, 0.6) is 0 Å². The highest BCUT2D eigenvalue weighted by Gasteiger charge is 2.12. The zero-order valence-corrected chi connectivity index (χ0v) is 11.7. The van der Waals surface area contributed by atoms with E-state index in [0.717, 1.165) is 22.5 Å². The average molecular weight is 287 g/mol. The molecule has 1 heterocycles. The van der Waals surface area contributed by atoms with Crippen molar-refractivity contribution in [1.82, 2.24) is 9.78 Å². The molecular formula is C13H13Cl2FN2. The lowest BCUT2D eigenvalue weighted by Gasteiger charge is -2.07. The Kier molecular flexibility index (Phi) is 3.93. The highest BCUT2D eigenvalue weighted by molar-refractivity contribution is 6.31. The predicted octanol–water partition coefficient (Wildman–Crippen LogP) is 4.08. The van der Waals surface area contributed by atoms with Crippen LogP contribution >= 0.6 is 23.2 Å². The number of hydrogen-bond donors (Lipinski definition) is 0. The van der Waals surface area contributed by atoms with Gasteiger partial charge in [0, 0.05) is 16.3 Å². The van der Waals surface area contributed by atoms with Crippen LogP contribution < -0.4 is 0 Å². The van der Waals surface area contributed by atoms with Crippen LogP contribution in [0.25, 0.3) is 0 Å². The Hall–Kier alpha value is -1.06. The molecule has 0 atom stereocenters. The van der Waals surface area contributed by atoms with Gasteiger partial charge in [-0.15, -0.1) is 11.6 Å². The summed E-state index contributed by atoms with van der Waals surface area (Å²) >= 11 is 11.9. The second-order valence-electron chi connectivity index (χ2n) is 4.18. The summed E-state index contributed by atoms with van der Waals surface area (Å²) in [4.78, 5) is 0.